The van der Waals surface area contributed by atoms with Crippen molar-refractivity contribution >= 4 is 74.7 Å². The Morgan fingerprint density at radius 2 is 1.85 bits per heavy atom. The van der Waals surface area contributed by atoms with Gasteiger partial charge in [-0.2, -0.15) is 23.7 Å². The highest BCUT2D eigenvalue weighted by Gasteiger charge is 2.60. The van der Waals surface area contributed by atoms with Crippen molar-refractivity contribution in [3.05, 3.63) is 67.7 Å². The van der Waals surface area contributed by atoms with Crippen molar-refractivity contribution in [1.29, 1.82) is 0 Å². The van der Waals surface area contributed by atoms with Gasteiger partial charge in [0.15, 0.2) is 4.75 Å². The van der Waals surface area contributed by atoms with E-state index in [0.717, 1.165) is 11.5 Å². The highest BCUT2D eigenvalue weighted by atomic mass is 35.5. The quantitative estimate of drug-likeness (QED) is 0.250. The molecule has 33 heavy (non-hydrogen) atoms. The van der Waals surface area contributed by atoms with Gasteiger partial charge in [0.2, 0.25) is 0 Å². The maximum atomic E-state index is 14.3. The number of halogens is 6. The average Bonchev–Trinajstić information content (AvgIpc) is 3.17. The van der Waals surface area contributed by atoms with E-state index in [1.54, 1.807) is 25.1 Å². The Labute approximate surface area is 211 Å². The molecule has 1 atom stereocenters. The van der Waals surface area contributed by atoms with Gasteiger partial charge in [-0.25, -0.2) is 4.40 Å². The van der Waals surface area contributed by atoms with E-state index in [0.29, 0.717) is 28.6 Å². The lowest BCUT2D eigenvalue weighted by molar-refractivity contribution is -0.159. The summed E-state index contributed by atoms with van der Waals surface area (Å²) in [4.78, 5) is 12.6. The number of amides is 1. The van der Waals surface area contributed by atoms with Gasteiger partial charge < -0.3 is 5.32 Å². The van der Waals surface area contributed by atoms with Crippen LogP contribution in [0.4, 0.5) is 13.2 Å². The molecular formula is C22H18Cl3F3N2OS2. The molecule has 1 unspecified atom stereocenters. The number of nitrogens with zero attached hydrogens (tertiary/aromatic N) is 1. The summed E-state index contributed by atoms with van der Waals surface area (Å²) >= 11 is 18.4. The number of hydrogen-bond donors (Lipinski definition) is 1. The van der Waals surface area contributed by atoms with Crippen LogP contribution in [0.15, 0.2) is 34.7 Å². The largest absolute Gasteiger partial charge is 0.409 e. The van der Waals surface area contributed by atoms with Crippen LogP contribution in [0.3, 0.4) is 0 Å². The third-order valence-corrected chi connectivity index (χ3v) is 9.83. The van der Waals surface area contributed by atoms with E-state index in [9.17, 15) is 18.0 Å². The number of nitrogens with one attached hydrogen (secondary N) is 1. The summed E-state index contributed by atoms with van der Waals surface area (Å²) < 4.78 is 44.8. The van der Waals surface area contributed by atoms with Crippen LogP contribution in [-0.2, 0) is 4.75 Å². The van der Waals surface area contributed by atoms with E-state index in [2.05, 4.69) is 15.6 Å². The van der Waals surface area contributed by atoms with Gasteiger partial charge in [0, 0.05) is 29.5 Å². The number of benzene rings is 2. The van der Waals surface area contributed by atoms with Gasteiger partial charge in [-0.15, -0.1) is 0 Å². The molecule has 2 aromatic rings. The molecule has 2 heterocycles. The van der Waals surface area contributed by atoms with Gasteiger partial charge in [0.1, 0.15) is 0 Å². The minimum Gasteiger partial charge on any atom is -0.348 e. The molecule has 4 rings (SSSR count). The Balaban J connectivity index is 1.60. The van der Waals surface area contributed by atoms with Gasteiger partial charge in [-0.3, -0.25) is 4.79 Å². The molecule has 176 valence electrons. The minimum absolute atomic E-state index is 0.00104. The van der Waals surface area contributed by atoms with E-state index >= 15 is 0 Å². The number of aryl methyl sites for hydroxylation is 1. The maximum absolute atomic E-state index is 14.3. The van der Waals surface area contributed by atoms with E-state index in [-0.39, 0.29) is 48.8 Å². The molecule has 0 spiro atoms. The Morgan fingerprint density at radius 3 is 2.39 bits per heavy atom. The second-order valence-electron chi connectivity index (χ2n) is 8.03. The van der Waals surface area contributed by atoms with Gasteiger partial charge >= 0.3 is 6.18 Å². The first-order valence-corrected chi connectivity index (χ1v) is 13.4. The molecule has 1 amide bonds. The highest BCUT2D eigenvalue weighted by molar-refractivity contribution is 8.15. The first kappa shape index (κ1) is 24.9. The van der Waals surface area contributed by atoms with E-state index in [1.807, 2.05) is 0 Å². The topological polar surface area (TPSA) is 41.5 Å². The zero-order valence-corrected chi connectivity index (χ0v) is 21.1. The summed E-state index contributed by atoms with van der Waals surface area (Å²) in [6.45, 7) is 1.75. The molecule has 0 aromatic heterocycles. The van der Waals surface area contributed by atoms with Gasteiger partial charge in [0.05, 0.1) is 20.8 Å². The zero-order chi connectivity index (χ0) is 24.1. The van der Waals surface area contributed by atoms with Gasteiger partial charge in [-0.1, -0.05) is 46.7 Å². The fraction of sp³-hybridized carbons (Fsp3) is 0.318. The van der Waals surface area contributed by atoms with Crippen LogP contribution < -0.4 is 5.32 Å². The van der Waals surface area contributed by atoms with Crippen molar-refractivity contribution in [2.45, 2.75) is 30.3 Å². The average molecular weight is 554 g/mol. The summed E-state index contributed by atoms with van der Waals surface area (Å²) in [6.07, 6.45) is -5.04. The molecular weight excluding hydrogens is 536 g/mol. The van der Waals surface area contributed by atoms with Crippen LogP contribution in [-0.4, -0.2) is 41.2 Å². The third-order valence-electron chi connectivity index (χ3n) is 5.65. The van der Waals surface area contributed by atoms with E-state index in [1.165, 1.54) is 12.1 Å². The van der Waals surface area contributed by atoms with Crippen molar-refractivity contribution in [3.63, 3.8) is 0 Å². The molecule has 11 heteroatoms. The van der Waals surface area contributed by atoms with Gasteiger partial charge in [-0.05, 0) is 59.8 Å². The number of rotatable bonds is 4. The summed E-state index contributed by atoms with van der Waals surface area (Å²) in [6, 6.07) is 7.44. The molecule has 1 fully saturated rings. The maximum Gasteiger partial charge on any atom is 0.409 e. The molecule has 2 aliphatic heterocycles. The Kier molecular flexibility index (Phi) is 6.88. The Hall–Kier alpha value is -1.19. The lowest BCUT2D eigenvalue weighted by Gasteiger charge is -2.30. The number of alkyl halides is 3. The van der Waals surface area contributed by atoms with Crippen LogP contribution >= 0.6 is 57.2 Å². The molecule has 1 N–H and O–H groups in total. The smallest absolute Gasteiger partial charge is 0.348 e. The molecule has 0 radical (unpaired) electrons. The normalized spacial score (nSPS) is 24.9. The molecule has 0 saturated carbocycles. The standard InChI is InChI=1S/C22H18Cl3F3N2OS2/c1-11-5-12(3-4-15(11)20(31)29-14-9-33(2)10-14)18-8-21(32-30-18,22(26,27)28)13-6-16(23)19(25)17(24)7-13/h3-7,14H,2,8-10H2,1H3,(H,29,31). The van der Waals surface area contributed by atoms with Crippen molar-refractivity contribution in [1.82, 2.24) is 5.32 Å². The predicted molar refractivity (Wildman–Crippen MR) is 135 cm³/mol. The SMILES string of the molecule is C=S1CC(NC(=O)c2ccc(C3=NSC(c4cc(Cl)c(Cl)c(Cl)c4)(C(F)(F)F)C3)cc2C)C1. The van der Waals surface area contributed by atoms with Gasteiger partial charge in [0.25, 0.3) is 5.91 Å². The Morgan fingerprint density at radius 1 is 1.21 bits per heavy atom. The second-order valence-corrected chi connectivity index (χ2v) is 12.2. The monoisotopic (exact) mass is 552 g/mol. The summed E-state index contributed by atoms with van der Waals surface area (Å²) in [7, 11) is 0.111. The highest BCUT2D eigenvalue weighted by Crippen LogP contribution is 2.57. The minimum atomic E-state index is -4.63. The van der Waals surface area contributed by atoms with Crippen molar-refractivity contribution in [3.8, 4) is 0 Å². The van der Waals surface area contributed by atoms with Crippen LogP contribution in [0.2, 0.25) is 15.1 Å². The second kappa shape index (κ2) is 9.11. The molecule has 1 saturated heterocycles. The molecule has 2 aliphatic rings. The van der Waals surface area contributed by atoms with Crippen LogP contribution in [0.25, 0.3) is 0 Å². The molecule has 3 nitrogen and oxygen atoms in total. The predicted octanol–water partition coefficient (Wildman–Crippen LogP) is 7.07. The lowest BCUT2D eigenvalue weighted by atomic mass is 9.89. The fourth-order valence-corrected chi connectivity index (χ4v) is 6.58. The Bertz CT molecular complexity index is 1170. The van der Waals surface area contributed by atoms with Crippen molar-refractivity contribution < 1.29 is 18.0 Å². The van der Waals surface area contributed by atoms with E-state index < -0.39 is 17.3 Å². The molecule has 0 aliphatic carbocycles. The lowest BCUT2D eigenvalue weighted by Crippen LogP contribution is -2.45. The van der Waals surface area contributed by atoms with E-state index in [4.69, 9.17) is 34.8 Å². The van der Waals surface area contributed by atoms with Crippen LogP contribution in [0.1, 0.15) is 33.5 Å². The fourth-order valence-electron chi connectivity index (χ4n) is 3.81. The summed E-state index contributed by atoms with van der Waals surface area (Å²) in [5, 5.41) is 2.86. The van der Waals surface area contributed by atoms with Crippen molar-refractivity contribution in [2.75, 3.05) is 11.5 Å². The number of carbonyl (C=O) groups excluding carboxylic acids is 1. The zero-order valence-electron chi connectivity index (χ0n) is 17.2. The van der Waals surface area contributed by atoms with Crippen molar-refractivity contribution in [2.24, 2.45) is 4.40 Å². The molecule has 2 aromatic carbocycles. The third kappa shape index (κ3) is 4.69. The summed E-state index contributed by atoms with van der Waals surface area (Å²) in [5.41, 5.74) is 1.83. The molecule has 0 bridgehead atoms. The van der Waals surface area contributed by atoms with Crippen LogP contribution in [0, 0.1) is 6.92 Å². The first-order chi connectivity index (χ1) is 15.4. The number of hydrogen-bond acceptors (Lipinski definition) is 3. The summed E-state index contributed by atoms with van der Waals surface area (Å²) in [5.74, 6) is 5.52. The van der Waals surface area contributed by atoms with Crippen LogP contribution in [0.5, 0.6) is 0 Å². The number of carbonyl (C=O) groups is 1. The first-order valence-electron chi connectivity index (χ1n) is 9.77.